The van der Waals surface area contributed by atoms with Crippen LogP contribution in [0, 0.1) is 24.7 Å². The fraction of sp³-hybridized carbons (Fsp3) is 0.615. The van der Waals surface area contributed by atoms with Crippen molar-refractivity contribution >= 4 is 5.91 Å². The van der Waals surface area contributed by atoms with Gasteiger partial charge in [0.15, 0.2) is 0 Å². The van der Waals surface area contributed by atoms with Crippen LogP contribution in [0.25, 0.3) is 5.69 Å². The molecule has 4 bridgehead atoms. The third-order valence-electron chi connectivity index (χ3n) is 8.71. The molecule has 2 aromatic rings. The first kappa shape index (κ1) is 19.5. The first-order chi connectivity index (χ1) is 14.7. The third-order valence-corrected chi connectivity index (χ3v) is 8.71. The van der Waals surface area contributed by atoms with Gasteiger partial charge in [0.1, 0.15) is 0 Å². The molecule has 4 aliphatic carbocycles. The van der Waals surface area contributed by atoms with Gasteiger partial charge in [0.25, 0.3) is 5.91 Å². The normalized spacial score (nSPS) is 35.9. The van der Waals surface area contributed by atoms with Gasteiger partial charge in [-0.05, 0) is 75.3 Å². The second-order valence-corrected chi connectivity index (χ2v) is 11.5. The molecular formula is C26H33N3O2. The molecule has 3 unspecified atom stereocenters. The highest BCUT2D eigenvalue weighted by Gasteiger charge is 2.57. The minimum Gasteiger partial charge on any atom is -0.390 e. The van der Waals surface area contributed by atoms with Crippen molar-refractivity contribution in [2.24, 2.45) is 17.8 Å². The number of hydrogen-bond acceptors (Lipinski definition) is 3. The first-order valence-electron chi connectivity index (χ1n) is 11.9. The SMILES string of the molecule is Cc1ccc(-n2ncc3c2C(C)(C)CCN(C2[C@@H]4CC5C[C@H]2CC(O)(C5)C4)C3=O)cc1. The summed E-state index contributed by atoms with van der Waals surface area (Å²) in [5, 5.41) is 15.7. The molecule has 5 atom stereocenters. The van der Waals surface area contributed by atoms with Crippen molar-refractivity contribution in [2.75, 3.05) is 6.54 Å². The summed E-state index contributed by atoms with van der Waals surface area (Å²) >= 11 is 0. The molecule has 4 fully saturated rings. The van der Waals surface area contributed by atoms with E-state index in [1.165, 1.54) is 18.4 Å². The Bertz CT molecular complexity index is 1020. The van der Waals surface area contributed by atoms with Gasteiger partial charge in [-0.2, -0.15) is 5.10 Å². The average Bonchev–Trinajstić information content (AvgIpc) is 3.11. The number of fused-ring (bicyclic) bond motifs is 1. The summed E-state index contributed by atoms with van der Waals surface area (Å²) in [5.74, 6) is 1.68. The predicted octanol–water partition coefficient (Wildman–Crippen LogP) is 4.24. The molecule has 7 rings (SSSR count). The molecule has 4 saturated carbocycles. The Hall–Kier alpha value is -2.14. The molecule has 1 amide bonds. The fourth-order valence-electron chi connectivity index (χ4n) is 7.56. The van der Waals surface area contributed by atoms with Crippen molar-refractivity contribution in [1.29, 1.82) is 0 Å². The quantitative estimate of drug-likeness (QED) is 0.792. The Kier molecular flexibility index (Phi) is 4.06. The van der Waals surface area contributed by atoms with E-state index in [1.807, 2.05) is 4.68 Å². The number of aliphatic hydroxyl groups is 1. The summed E-state index contributed by atoms with van der Waals surface area (Å²) in [6.45, 7) is 7.36. The van der Waals surface area contributed by atoms with Gasteiger partial charge in [-0.25, -0.2) is 4.68 Å². The summed E-state index contributed by atoms with van der Waals surface area (Å²) in [5.41, 5.74) is 3.40. The summed E-state index contributed by atoms with van der Waals surface area (Å²) in [6, 6.07) is 8.64. The molecular weight excluding hydrogens is 386 g/mol. The smallest absolute Gasteiger partial charge is 0.257 e. The second-order valence-electron chi connectivity index (χ2n) is 11.5. The first-order valence-corrected chi connectivity index (χ1v) is 11.9. The lowest BCUT2D eigenvalue weighted by atomic mass is 9.52. The summed E-state index contributed by atoms with van der Waals surface area (Å²) in [4.78, 5) is 16.1. The fourth-order valence-corrected chi connectivity index (χ4v) is 7.56. The van der Waals surface area contributed by atoms with E-state index >= 15 is 0 Å². The number of aromatic nitrogens is 2. The van der Waals surface area contributed by atoms with Crippen molar-refractivity contribution in [3.63, 3.8) is 0 Å². The van der Waals surface area contributed by atoms with Crippen molar-refractivity contribution in [3.05, 3.63) is 47.3 Å². The van der Waals surface area contributed by atoms with E-state index in [1.54, 1.807) is 6.20 Å². The molecule has 0 saturated heterocycles. The number of hydrogen-bond donors (Lipinski definition) is 1. The number of aryl methyl sites for hydroxylation is 1. The van der Waals surface area contributed by atoms with Crippen LogP contribution in [0.4, 0.5) is 0 Å². The zero-order valence-electron chi connectivity index (χ0n) is 18.8. The summed E-state index contributed by atoms with van der Waals surface area (Å²) in [6.07, 6.45) is 7.77. The van der Waals surface area contributed by atoms with E-state index < -0.39 is 5.60 Å². The molecule has 1 aromatic heterocycles. The molecule has 5 aliphatic rings. The van der Waals surface area contributed by atoms with Crippen molar-refractivity contribution in [2.45, 2.75) is 76.4 Å². The molecule has 0 radical (unpaired) electrons. The Morgan fingerprint density at radius 2 is 1.74 bits per heavy atom. The van der Waals surface area contributed by atoms with Crippen LogP contribution in [0.15, 0.2) is 30.5 Å². The van der Waals surface area contributed by atoms with Crippen LogP contribution in [-0.2, 0) is 5.41 Å². The van der Waals surface area contributed by atoms with Gasteiger partial charge in [0.05, 0.1) is 28.7 Å². The zero-order valence-corrected chi connectivity index (χ0v) is 18.8. The van der Waals surface area contributed by atoms with Gasteiger partial charge in [-0.3, -0.25) is 4.79 Å². The van der Waals surface area contributed by atoms with Crippen LogP contribution in [0.3, 0.4) is 0 Å². The van der Waals surface area contributed by atoms with Gasteiger partial charge in [0, 0.05) is 18.0 Å². The van der Waals surface area contributed by atoms with Gasteiger partial charge < -0.3 is 10.0 Å². The predicted molar refractivity (Wildman–Crippen MR) is 119 cm³/mol. The minimum absolute atomic E-state index is 0.142. The van der Waals surface area contributed by atoms with Crippen LogP contribution in [-0.4, -0.2) is 43.9 Å². The van der Waals surface area contributed by atoms with Gasteiger partial charge in [0.2, 0.25) is 0 Å². The van der Waals surface area contributed by atoms with E-state index in [0.717, 1.165) is 49.2 Å². The lowest BCUT2D eigenvalue weighted by Gasteiger charge is -2.60. The van der Waals surface area contributed by atoms with E-state index in [4.69, 9.17) is 5.10 Å². The molecule has 0 spiro atoms. The highest BCUT2D eigenvalue weighted by molar-refractivity contribution is 5.96. The van der Waals surface area contributed by atoms with E-state index in [0.29, 0.717) is 17.8 Å². The minimum atomic E-state index is -0.470. The zero-order chi connectivity index (χ0) is 21.5. The Labute approximate surface area is 184 Å². The molecule has 5 heteroatoms. The largest absolute Gasteiger partial charge is 0.390 e. The number of amides is 1. The highest BCUT2D eigenvalue weighted by atomic mass is 16.3. The molecule has 2 heterocycles. The van der Waals surface area contributed by atoms with Crippen LogP contribution in [0.2, 0.25) is 0 Å². The molecule has 5 nitrogen and oxygen atoms in total. The number of nitrogens with zero attached hydrogens (tertiary/aromatic N) is 3. The Balaban J connectivity index is 1.39. The standard InChI is InChI=1S/C26H33N3O2/c1-16-4-6-20(7-5-16)29-23-21(15-27-29)24(30)28(9-8-25(23,2)3)22-18-10-17-11-19(22)14-26(31,12-17)13-18/h4-7,15,17-19,22,31H,8-14H2,1-3H3/t17?,18-,19+,22?,26?. The third kappa shape index (κ3) is 2.92. The van der Waals surface area contributed by atoms with Crippen molar-refractivity contribution < 1.29 is 9.90 Å². The molecule has 1 aliphatic heterocycles. The number of carbonyl (C=O) groups excluding carboxylic acids is 1. The van der Waals surface area contributed by atoms with E-state index in [2.05, 4.69) is 49.9 Å². The lowest BCUT2D eigenvalue weighted by molar-refractivity contribution is -0.154. The molecule has 164 valence electrons. The molecule has 31 heavy (non-hydrogen) atoms. The maximum Gasteiger partial charge on any atom is 0.257 e. The van der Waals surface area contributed by atoms with Crippen LogP contribution in [0.1, 0.15) is 74.0 Å². The van der Waals surface area contributed by atoms with Crippen LogP contribution in [0.5, 0.6) is 0 Å². The van der Waals surface area contributed by atoms with Crippen LogP contribution < -0.4 is 0 Å². The van der Waals surface area contributed by atoms with E-state index in [9.17, 15) is 9.90 Å². The Morgan fingerprint density at radius 1 is 1.06 bits per heavy atom. The van der Waals surface area contributed by atoms with Crippen molar-refractivity contribution in [3.8, 4) is 5.69 Å². The highest BCUT2D eigenvalue weighted by Crippen LogP contribution is 2.57. The molecule has 1 N–H and O–H groups in total. The molecule has 1 aromatic carbocycles. The maximum absolute atomic E-state index is 13.9. The van der Waals surface area contributed by atoms with Crippen molar-refractivity contribution in [1.82, 2.24) is 14.7 Å². The maximum atomic E-state index is 13.9. The number of rotatable bonds is 2. The van der Waals surface area contributed by atoms with E-state index in [-0.39, 0.29) is 17.4 Å². The average molecular weight is 420 g/mol. The Morgan fingerprint density at radius 3 is 2.39 bits per heavy atom. The number of carbonyl (C=O) groups is 1. The van der Waals surface area contributed by atoms with Crippen LogP contribution >= 0.6 is 0 Å². The van der Waals surface area contributed by atoms with Gasteiger partial charge in [-0.15, -0.1) is 0 Å². The lowest BCUT2D eigenvalue weighted by Crippen LogP contribution is -2.62. The summed E-state index contributed by atoms with van der Waals surface area (Å²) in [7, 11) is 0. The topological polar surface area (TPSA) is 58.4 Å². The summed E-state index contributed by atoms with van der Waals surface area (Å²) < 4.78 is 1.98. The monoisotopic (exact) mass is 419 g/mol. The number of benzene rings is 1. The van der Waals surface area contributed by atoms with Gasteiger partial charge in [-0.1, -0.05) is 31.5 Å². The van der Waals surface area contributed by atoms with Gasteiger partial charge >= 0.3 is 0 Å². The second kappa shape index (κ2) is 6.44.